The molecular weight excluding hydrogens is 387 g/mol. The molecular formula is C20H22F3N3O3. The van der Waals surface area contributed by atoms with Crippen LogP contribution in [0.2, 0.25) is 0 Å². The van der Waals surface area contributed by atoms with Gasteiger partial charge < -0.3 is 19.5 Å². The molecule has 1 aromatic heterocycles. The number of halogens is 3. The molecule has 1 N–H and O–H groups in total. The lowest BCUT2D eigenvalue weighted by molar-refractivity contribution is -0.137. The van der Waals surface area contributed by atoms with Crippen LogP contribution in [0, 0.1) is 0 Å². The van der Waals surface area contributed by atoms with Crippen molar-refractivity contribution in [1.29, 1.82) is 0 Å². The first-order chi connectivity index (χ1) is 13.8. The van der Waals surface area contributed by atoms with Gasteiger partial charge in [-0.3, -0.25) is 0 Å². The molecule has 0 bridgehead atoms. The maximum Gasteiger partial charge on any atom is 0.416 e. The van der Waals surface area contributed by atoms with Gasteiger partial charge in [0.2, 0.25) is 0 Å². The molecule has 0 radical (unpaired) electrons. The van der Waals surface area contributed by atoms with Crippen molar-refractivity contribution in [3.05, 3.63) is 40.6 Å². The van der Waals surface area contributed by atoms with E-state index in [1.54, 1.807) is 0 Å². The van der Waals surface area contributed by atoms with Gasteiger partial charge in [0.05, 0.1) is 37.2 Å². The van der Waals surface area contributed by atoms with E-state index in [0.717, 1.165) is 36.0 Å². The van der Waals surface area contributed by atoms with E-state index in [1.165, 1.54) is 6.07 Å². The van der Waals surface area contributed by atoms with E-state index in [1.807, 2.05) is 7.05 Å². The van der Waals surface area contributed by atoms with Gasteiger partial charge in [-0.25, -0.2) is 0 Å². The number of fused-ring (bicyclic) bond motifs is 1. The first-order valence-electron chi connectivity index (χ1n) is 9.48. The Kier molecular flexibility index (Phi) is 5.46. The summed E-state index contributed by atoms with van der Waals surface area (Å²) in [5, 5.41) is 18.9. The highest BCUT2D eigenvalue weighted by Gasteiger charge is 2.32. The van der Waals surface area contributed by atoms with Crippen LogP contribution in [0.25, 0.3) is 11.3 Å². The number of rotatable bonds is 3. The van der Waals surface area contributed by atoms with Gasteiger partial charge in [0.15, 0.2) is 0 Å². The van der Waals surface area contributed by atoms with Crippen LogP contribution in [0.4, 0.5) is 13.2 Å². The molecule has 29 heavy (non-hydrogen) atoms. The quantitative estimate of drug-likeness (QED) is 0.841. The SMILES string of the molecule is CN1CCO[C@@H](Cc2nnc(-c3ccc(C(F)(F)F)cc3O)c3c2CCOC3)C1. The molecule has 1 atom stereocenters. The Morgan fingerprint density at radius 2 is 2.03 bits per heavy atom. The summed E-state index contributed by atoms with van der Waals surface area (Å²) in [6.07, 6.45) is -3.27. The zero-order valence-electron chi connectivity index (χ0n) is 16.0. The van der Waals surface area contributed by atoms with Crippen LogP contribution < -0.4 is 0 Å². The van der Waals surface area contributed by atoms with Crippen LogP contribution in [0.3, 0.4) is 0 Å². The van der Waals surface area contributed by atoms with Crippen molar-refractivity contribution in [2.45, 2.75) is 31.7 Å². The summed E-state index contributed by atoms with van der Waals surface area (Å²) in [7, 11) is 2.04. The van der Waals surface area contributed by atoms with E-state index in [2.05, 4.69) is 15.1 Å². The van der Waals surface area contributed by atoms with Crippen LogP contribution in [0.15, 0.2) is 18.2 Å². The normalized spacial score (nSPS) is 20.5. The zero-order chi connectivity index (χ0) is 20.6. The first-order valence-corrected chi connectivity index (χ1v) is 9.48. The molecule has 0 saturated carbocycles. The average molecular weight is 409 g/mol. The van der Waals surface area contributed by atoms with Crippen LogP contribution in [0.1, 0.15) is 22.4 Å². The largest absolute Gasteiger partial charge is 0.507 e. The van der Waals surface area contributed by atoms with Crippen molar-refractivity contribution in [3.8, 4) is 17.0 Å². The Bertz CT molecular complexity index is 905. The van der Waals surface area contributed by atoms with E-state index in [4.69, 9.17) is 9.47 Å². The van der Waals surface area contributed by atoms with E-state index >= 15 is 0 Å². The summed E-state index contributed by atoms with van der Waals surface area (Å²) in [5.41, 5.74) is 2.23. The monoisotopic (exact) mass is 409 g/mol. The third kappa shape index (κ3) is 4.22. The number of hydrogen-bond donors (Lipinski definition) is 1. The van der Waals surface area contributed by atoms with Crippen LogP contribution in [-0.2, 0) is 35.1 Å². The van der Waals surface area contributed by atoms with Gasteiger partial charge >= 0.3 is 6.18 Å². The molecule has 1 fully saturated rings. The number of likely N-dealkylation sites (N-methyl/N-ethyl adjacent to an activating group) is 1. The molecule has 0 unspecified atom stereocenters. The number of phenols is 1. The van der Waals surface area contributed by atoms with Crippen molar-refractivity contribution >= 4 is 0 Å². The minimum atomic E-state index is -4.53. The zero-order valence-corrected chi connectivity index (χ0v) is 16.0. The highest BCUT2D eigenvalue weighted by atomic mass is 19.4. The topological polar surface area (TPSA) is 67.7 Å². The summed E-state index contributed by atoms with van der Waals surface area (Å²) >= 11 is 0. The highest BCUT2D eigenvalue weighted by Crippen LogP contribution is 2.38. The predicted molar refractivity (Wildman–Crippen MR) is 98.4 cm³/mol. The number of morpholine rings is 1. The Morgan fingerprint density at radius 3 is 2.76 bits per heavy atom. The van der Waals surface area contributed by atoms with E-state index in [0.29, 0.717) is 37.8 Å². The van der Waals surface area contributed by atoms with Crippen molar-refractivity contribution in [3.63, 3.8) is 0 Å². The van der Waals surface area contributed by atoms with Gasteiger partial charge in [0.25, 0.3) is 0 Å². The summed E-state index contributed by atoms with van der Waals surface area (Å²) in [6.45, 7) is 3.17. The fraction of sp³-hybridized carbons (Fsp3) is 0.500. The lowest BCUT2D eigenvalue weighted by Gasteiger charge is -2.30. The smallest absolute Gasteiger partial charge is 0.416 e. The Labute approximate surface area is 166 Å². The summed E-state index contributed by atoms with van der Waals surface area (Å²) in [5.74, 6) is -0.480. The van der Waals surface area contributed by atoms with E-state index in [-0.39, 0.29) is 18.3 Å². The minimum Gasteiger partial charge on any atom is -0.507 e. The molecule has 1 aromatic carbocycles. The maximum absolute atomic E-state index is 12.9. The van der Waals surface area contributed by atoms with E-state index in [9.17, 15) is 18.3 Å². The van der Waals surface area contributed by atoms with Crippen molar-refractivity contribution < 1.29 is 27.8 Å². The molecule has 9 heteroatoms. The molecule has 156 valence electrons. The molecule has 4 rings (SSSR count). The molecule has 2 aliphatic heterocycles. The summed E-state index contributed by atoms with van der Waals surface area (Å²) in [6, 6.07) is 2.88. The molecule has 0 spiro atoms. The fourth-order valence-electron chi connectivity index (χ4n) is 3.84. The number of nitrogens with zero attached hydrogens (tertiary/aromatic N) is 3. The molecule has 0 amide bonds. The number of benzene rings is 1. The predicted octanol–water partition coefficient (Wildman–Crippen LogP) is 2.81. The number of aromatic hydroxyl groups is 1. The first kappa shape index (κ1) is 20.1. The summed E-state index contributed by atoms with van der Waals surface area (Å²) < 4.78 is 50.1. The van der Waals surface area contributed by atoms with Gasteiger partial charge in [0, 0.05) is 30.6 Å². The maximum atomic E-state index is 12.9. The van der Waals surface area contributed by atoms with Gasteiger partial charge in [-0.05, 0) is 37.2 Å². The molecule has 3 heterocycles. The van der Waals surface area contributed by atoms with Gasteiger partial charge in [-0.2, -0.15) is 18.3 Å². The minimum absolute atomic E-state index is 0.0142. The van der Waals surface area contributed by atoms with Crippen LogP contribution >= 0.6 is 0 Å². The van der Waals surface area contributed by atoms with Gasteiger partial charge in [0.1, 0.15) is 11.4 Å². The standard InChI is InChI=1S/C20H22F3N3O3/c1-26-5-7-29-13(10-26)9-17-14-4-6-28-11-16(14)19(25-24-17)15-3-2-12(8-18(15)27)20(21,22)23/h2-3,8,13,27H,4-7,9-11H2,1H3/t13-/m0/s1. The molecule has 1 saturated heterocycles. The number of hydrogen-bond acceptors (Lipinski definition) is 6. The number of aromatic nitrogens is 2. The van der Waals surface area contributed by atoms with Crippen molar-refractivity contribution in [2.24, 2.45) is 0 Å². The van der Waals surface area contributed by atoms with Crippen molar-refractivity contribution in [1.82, 2.24) is 15.1 Å². The Morgan fingerprint density at radius 1 is 1.21 bits per heavy atom. The molecule has 2 aliphatic rings. The summed E-state index contributed by atoms with van der Waals surface area (Å²) in [4.78, 5) is 2.20. The number of phenolic OH excluding ortho intramolecular Hbond substituents is 1. The second-order valence-electron chi connectivity index (χ2n) is 7.44. The Hall–Kier alpha value is -2.23. The lowest BCUT2D eigenvalue weighted by Crippen LogP contribution is -2.41. The second kappa shape index (κ2) is 7.89. The Balaban J connectivity index is 1.69. The van der Waals surface area contributed by atoms with Gasteiger partial charge in [-0.15, -0.1) is 5.10 Å². The lowest BCUT2D eigenvalue weighted by atomic mass is 9.94. The third-order valence-electron chi connectivity index (χ3n) is 5.36. The average Bonchev–Trinajstić information content (AvgIpc) is 2.68. The fourth-order valence-corrected chi connectivity index (χ4v) is 3.84. The van der Waals surface area contributed by atoms with Crippen LogP contribution in [-0.4, -0.2) is 59.7 Å². The van der Waals surface area contributed by atoms with Crippen molar-refractivity contribution in [2.75, 3.05) is 33.4 Å². The highest BCUT2D eigenvalue weighted by molar-refractivity contribution is 5.71. The number of alkyl halides is 3. The molecule has 0 aliphatic carbocycles. The molecule has 2 aromatic rings. The second-order valence-corrected chi connectivity index (χ2v) is 7.44. The third-order valence-corrected chi connectivity index (χ3v) is 5.36. The number of ether oxygens (including phenoxy) is 2. The van der Waals surface area contributed by atoms with E-state index < -0.39 is 17.5 Å². The van der Waals surface area contributed by atoms with Gasteiger partial charge in [-0.1, -0.05) is 0 Å². The molecule has 6 nitrogen and oxygen atoms in total. The van der Waals surface area contributed by atoms with Crippen LogP contribution in [0.5, 0.6) is 5.75 Å².